The highest BCUT2D eigenvalue weighted by Gasteiger charge is 2.70. The zero-order valence-corrected chi connectivity index (χ0v) is 11.5. The Morgan fingerprint density at radius 1 is 1.32 bits per heavy atom. The predicted octanol–water partition coefficient (Wildman–Crippen LogP) is 1.42. The molecule has 106 valence electrons. The van der Waals surface area contributed by atoms with Gasteiger partial charge in [0.25, 0.3) is 0 Å². The number of ether oxygens (including phenoxy) is 2. The molecule has 3 fully saturated rings. The number of allylic oxidation sites excluding steroid dienone is 1. The van der Waals surface area contributed by atoms with E-state index in [-0.39, 0.29) is 23.5 Å². The van der Waals surface area contributed by atoms with Crippen molar-refractivity contribution >= 4 is 0 Å². The first-order chi connectivity index (χ1) is 8.98. The lowest BCUT2D eigenvalue weighted by atomic mass is 9.47. The van der Waals surface area contributed by atoms with E-state index in [0.29, 0.717) is 6.61 Å². The van der Waals surface area contributed by atoms with Crippen LogP contribution in [0.25, 0.3) is 0 Å². The van der Waals surface area contributed by atoms with Crippen LogP contribution in [0, 0.1) is 22.7 Å². The molecule has 0 aromatic heterocycles. The number of aliphatic hydroxyl groups excluding tert-OH is 2. The van der Waals surface area contributed by atoms with Crippen LogP contribution >= 0.6 is 0 Å². The lowest BCUT2D eigenvalue weighted by molar-refractivity contribution is -0.238. The minimum atomic E-state index is -0.911. The minimum Gasteiger partial charge on any atom is -0.392 e. The highest BCUT2D eigenvalue weighted by atomic mass is 16.7. The Morgan fingerprint density at radius 3 is 2.89 bits per heavy atom. The van der Waals surface area contributed by atoms with Gasteiger partial charge in [0.2, 0.25) is 0 Å². The molecule has 4 heteroatoms. The van der Waals surface area contributed by atoms with Gasteiger partial charge in [-0.3, -0.25) is 0 Å². The molecule has 1 spiro atoms. The van der Waals surface area contributed by atoms with Gasteiger partial charge in [-0.15, -0.1) is 0 Å². The molecule has 2 saturated heterocycles. The van der Waals surface area contributed by atoms with Crippen LogP contribution in [0.3, 0.4) is 0 Å². The fourth-order valence-electron chi connectivity index (χ4n) is 5.19. The summed E-state index contributed by atoms with van der Waals surface area (Å²) in [6.45, 7) is 5.09. The lowest BCUT2D eigenvalue weighted by Gasteiger charge is -2.57. The molecular formula is C15H22O4. The topological polar surface area (TPSA) is 58.9 Å². The van der Waals surface area contributed by atoms with Gasteiger partial charge in [0.15, 0.2) is 12.6 Å². The fraction of sp³-hybridized carbons (Fsp3) is 0.867. The summed E-state index contributed by atoms with van der Waals surface area (Å²) in [5.41, 5.74) is 0.769. The third-order valence-electron chi connectivity index (χ3n) is 6.12. The van der Waals surface area contributed by atoms with E-state index in [1.807, 2.05) is 0 Å². The molecule has 1 saturated carbocycles. The first kappa shape index (κ1) is 12.3. The van der Waals surface area contributed by atoms with Crippen LogP contribution in [-0.4, -0.2) is 35.5 Å². The van der Waals surface area contributed by atoms with Gasteiger partial charge in [-0.2, -0.15) is 0 Å². The molecule has 4 rings (SSSR count). The lowest BCUT2D eigenvalue weighted by Crippen LogP contribution is -2.60. The van der Waals surface area contributed by atoms with Crippen LogP contribution in [0.4, 0.5) is 0 Å². The third-order valence-corrected chi connectivity index (χ3v) is 6.12. The van der Waals surface area contributed by atoms with Crippen molar-refractivity contribution in [1.82, 2.24) is 0 Å². The molecule has 2 N–H and O–H groups in total. The van der Waals surface area contributed by atoms with Crippen molar-refractivity contribution < 1.29 is 19.7 Å². The molecule has 4 aliphatic rings. The Morgan fingerprint density at radius 2 is 2.11 bits per heavy atom. The third kappa shape index (κ3) is 1.29. The normalized spacial score (nSPS) is 54.5. The molecule has 0 radical (unpaired) electrons. The second-order valence-electron chi connectivity index (χ2n) is 7.26. The molecule has 6 atom stereocenters. The number of hydrogen-bond acceptors (Lipinski definition) is 4. The first-order valence-electron chi connectivity index (χ1n) is 7.30. The zero-order valence-electron chi connectivity index (χ0n) is 11.5. The van der Waals surface area contributed by atoms with Gasteiger partial charge < -0.3 is 19.7 Å². The van der Waals surface area contributed by atoms with Crippen molar-refractivity contribution in [2.24, 2.45) is 22.7 Å². The summed E-state index contributed by atoms with van der Waals surface area (Å²) in [6.07, 6.45) is 3.12. The molecule has 2 aliphatic heterocycles. The summed E-state index contributed by atoms with van der Waals surface area (Å²) in [5, 5.41) is 21.3. The second kappa shape index (κ2) is 3.61. The van der Waals surface area contributed by atoms with Crippen molar-refractivity contribution in [3.05, 3.63) is 11.6 Å². The Labute approximate surface area is 113 Å². The van der Waals surface area contributed by atoms with Gasteiger partial charge in [0.1, 0.15) is 0 Å². The molecule has 0 aromatic rings. The first-order valence-corrected chi connectivity index (χ1v) is 7.30. The van der Waals surface area contributed by atoms with Crippen LogP contribution in [0.5, 0.6) is 0 Å². The quantitative estimate of drug-likeness (QED) is 0.651. The van der Waals surface area contributed by atoms with Crippen molar-refractivity contribution in [3.63, 3.8) is 0 Å². The molecule has 0 amide bonds. The van der Waals surface area contributed by atoms with Crippen LogP contribution in [0.2, 0.25) is 0 Å². The number of hydrogen-bond donors (Lipinski definition) is 2. The van der Waals surface area contributed by atoms with Crippen LogP contribution < -0.4 is 0 Å². The van der Waals surface area contributed by atoms with Gasteiger partial charge in [-0.25, -0.2) is 0 Å². The van der Waals surface area contributed by atoms with Crippen LogP contribution in [0.15, 0.2) is 11.6 Å². The molecule has 3 unspecified atom stereocenters. The van der Waals surface area contributed by atoms with Crippen molar-refractivity contribution in [2.75, 3.05) is 6.61 Å². The SMILES string of the molecule is CC1(C)CCC(O)C23C4C(=CC[C@@H]12)CO[C@@H]4O[C@H]3O. The molecule has 19 heavy (non-hydrogen) atoms. The van der Waals surface area contributed by atoms with Crippen molar-refractivity contribution in [2.45, 2.75) is 51.8 Å². The second-order valence-corrected chi connectivity index (χ2v) is 7.26. The summed E-state index contributed by atoms with van der Waals surface area (Å²) in [4.78, 5) is 0. The molecule has 4 nitrogen and oxygen atoms in total. The van der Waals surface area contributed by atoms with Gasteiger partial charge in [-0.1, -0.05) is 19.9 Å². The summed E-state index contributed by atoms with van der Waals surface area (Å²) in [6, 6.07) is 0. The fourth-order valence-corrected chi connectivity index (χ4v) is 5.19. The average molecular weight is 266 g/mol. The molecule has 0 bridgehead atoms. The molecule has 2 aliphatic carbocycles. The summed E-state index contributed by atoms with van der Waals surface area (Å²) >= 11 is 0. The number of aliphatic hydroxyl groups is 2. The smallest absolute Gasteiger partial charge is 0.168 e. The maximum absolute atomic E-state index is 10.7. The number of rotatable bonds is 0. The Hall–Kier alpha value is -0.420. The molecule has 0 aromatic carbocycles. The van der Waals surface area contributed by atoms with Crippen molar-refractivity contribution in [3.8, 4) is 0 Å². The Kier molecular flexibility index (Phi) is 2.34. The van der Waals surface area contributed by atoms with E-state index in [9.17, 15) is 10.2 Å². The maximum Gasteiger partial charge on any atom is 0.168 e. The van der Waals surface area contributed by atoms with Gasteiger partial charge in [0, 0.05) is 5.92 Å². The van der Waals surface area contributed by atoms with E-state index in [4.69, 9.17) is 9.47 Å². The van der Waals surface area contributed by atoms with E-state index in [0.717, 1.165) is 19.3 Å². The Balaban J connectivity index is 1.90. The van der Waals surface area contributed by atoms with E-state index in [1.54, 1.807) is 0 Å². The predicted molar refractivity (Wildman–Crippen MR) is 68.0 cm³/mol. The largest absolute Gasteiger partial charge is 0.392 e. The van der Waals surface area contributed by atoms with Gasteiger partial charge in [0.05, 0.1) is 18.1 Å². The maximum atomic E-state index is 10.7. The van der Waals surface area contributed by atoms with Crippen LogP contribution in [0.1, 0.15) is 33.1 Å². The monoisotopic (exact) mass is 266 g/mol. The van der Waals surface area contributed by atoms with E-state index in [2.05, 4.69) is 19.9 Å². The Bertz CT molecular complexity index is 437. The standard InChI is InChI=1S/C15H22O4/c1-14(2)6-5-10(16)15-9(14)4-3-8-7-18-12(11(8)15)19-13(15)17/h3,9-13,16-17H,4-7H2,1-2H3/t9-,10?,11?,12+,13+,15?/m0/s1. The van der Waals surface area contributed by atoms with Crippen LogP contribution in [-0.2, 0) is 9.47 Å². The van der Waals surface area contributed by atoms with Gasteiger partial charge in [-0.05, 0) is 36.2 Å². The molecular weight excluding hydrogens is 244 g/mol. The summed E-state index contributed by atoms with van der Waals surface area (Å²) < 4.78 is 11.3. The van der Waals surface area contributed by atoms with E-state index < -0.39 is 17.8 Å². The average Bonchev–Trinajstić information content (AvgIpc) is 2.89. The van der Waals surface area contributed by atoms with Gasteiger partial charge >= 0.3 is 0 Å². The summed E-state index contributed by atoms with van der Waals surface area (Å²) in [5.74, 6) is 0.287. The van der Waals surface area contributed by atoms with Crippen molar-refractivity contribution in [1.29, 1.82) is 0 Å². The highest BCUT2D eigenvalue weighted by Crippen LogP contribution is 2.66. The van der Waals surface area contributed by atoms with E-state index in [1.165, 1.54) is 5.57 Å². The highest BCUT2D eigenvalue weighted by molar-refractivity contribution is 5.28. The van der Waals surface area contributed by atoms with E-state index >= 15 is 0 Å². The summed E-state index contributed by atoms with van der Waals surface area (Å²) in [7, 11) is 0. The molecule has 2 heterocycles. The zero-order chi connectivity index (χ0) is 13.4. The minimum absolute atomic E-state index is 0.0378.